The van der Waals surface area contributed by atoms with Crippen LogP contribution in [0.4, 0.5) is 11.5 Å². The molecule has 3 heterocycles. The zero-order valence-electron chi connectivity index (χ0n) is 17.2. The number of benzene rings is 1. The van der Waals surface area contributed by atoms with Gasteiger partial charge in [-0.2, -0.15) is 0 Å². The summed E-state index contributed by atoms with van der Waals surface area (Å²) in [7, 11) is 2.12. The monoisotopic (exact) mass is 457 g/mol. The number of aliphatic hydroxyl groups excluding tert-OH is 1. The van der Waals surface area contributed by atoms with Crippen LogP contribution >= 0.6 is 22.9 Å². The topological polar surface area (TPSA) is 81.6 Å². The number of piperazine rings is 1. The fourth-order valence-electron chi connectivity index (χ4n) is 3.39. The first-order valence-corrected chi connectivity index (χ1v) is 11.3. The maximum absolute atomic E-state index is 12.9. The Morgan fingerprint density at radius 3 is 2.55 bits per heavy atom. The molecule has 3 aromatic rings. The van der Waals surface area contributed by atoms with E-state index in [2.05, 4.69) is 32.1 Å². The molecule has 1 amide bonds. The van der Waals surface area contributed by atoms with Gasteiger partial charge in [0.2, 0.25) is 0 Å². The zero-order valence-corrected chi connectivity index (χ0v) is 18.8. The molecule has 4 rings (SSSR count). The van der Waals surface area contributed by atoms with Crippen LogP contribution in [0, 0.1) is 0 Å². The van der Waals surface area contributed by atoms with Gasteiger partial charge in [0.05, 0.1) is 17.6 Å². The average Bonchev–Trinajstić information content (AvgIpc) is 3.20. The van der Waals surface area contributed by atoms with Gasteiger partial charge in [0, 0.05) is 49.8 Å². The maximum atomic E-state index is 12.9. The Balaban J connectivity index is 1.49. The number of nitrogens with zero attached hydrogens (tertiary/aromatic N) is 4. The molecule has 2 aromatic heterocycles. The van der Waals surface area contributed by atoms with Gasteiger partial charge in [-0.15, -0.1) is 11.3 Å². The van der Waals surface area contributed by atoms with Crippen molar-refractivity contribution >= 4 is 40.4 Å². The van der Waals surface area contributed by atoms with Crippen LogP contribution in [-0.4, -0.2) is 65.7 Å². The second-order valence-corrected chi connectivity index (χ2v) is 8.86. The second kappa shape index (κ2) is 9.74. The molecule has 1 aliphatic heterocycles. The van der Waals surface area contributed by atoms with E-state index < -0.39 is 0 Å². The molecular weight excluding hydrogens is 434 g/mol. The van der Waals surface area contributed by atoms with Crippen LogP contribution in [0.2, 0.25) is 5.02 Å². The van der Waals surface area contributed by atoms with Crippen molar-refractivity contribution in [1.29, 1.82) is 0 Å². The number of nitrogens with one attached hydrogen (secondary N) is 1. The first-order chi connectivity index (χ1) is 15.0. The van der Waals surface area contributed by atoms with Gasteiger partial charge in [-0.1, -0.05) is 23.7 Å². The highest BCUT2D eigenvalue weighted by Crippen LogP contribution is 2.30. The van der Waals surface area contributed by atoms with Crippen molar-refractivity contribution in [2.24, 2.45) is 0 Å². The van der Waals surface area contributed by atoms with Gasteiger partial charge >= 0.3 is 0 Å². The molecule has 0 bridgehead atoms. The number of pyridine rings is 1. The summed E-state index contributed by atoms with van der Waals surface area (Å²) in [5.41, 5.74) is 2.09. The van der Waals surface area contributed by atoms with Gasteiger partial charge in [0.15, 0.2) is 0 Å². The molecular formula is C22H24ClN5O2S. The molecule has 0 spiro atoms. The number of carbonyl (C=O) groups is 1. The van der Waals surface area contributed by atoms with E-state index in [1.807, 2.05) is 24.3 Å². The Kier molecular flexibility index (Phi) is 6.82. The predicted molar refractivity (Wildman–Crippen MR) is 125 cm³/mol. The van der Waals surface area contributed by atoms with Gasteiger partial charge in [0.25, 0.3) is 5.91 Å². The van der Waals surface area contributed by atoms with Crippen molar-refractivity contribution in [2.75, 3.05) is 50.1 Å². The van der Waals surface area contributed by atoms with Gasteiger partial charge in [0.1, 0.15) is 15.7 Å². The third kappa shape index (κ3) is 5.22. The minimum absolute atomic E-state index is 0.0780. The molecule has 0 aliphatic carbocycles. The number of halogens is 1. The summed E-state index contributed by atoms with van der Waals surface area (Å²) in [5.74, 6) is 0.658. The molecule has 0 unspecified atom stereocenters. The molecule has 1 aromatic carbocycles. The summed E-state index contributed by atoms with van der Waals surface area (Å²) < 4.78 is 0. The van der Waals surface area contributed by atoms with Crippen molar-refractivity contribution in [1.82, 2.24) is 14.9 Å². The minimum Gasteiger partial charge on any atom is -0.396 e. The van der Waals surface area contributed by atoms with Crippen molar-refractivity contribution < 1.29 is 9.90 Å². The lowest BCUT2D eigenvalue weighted by Crippen LogP contribution is -2.44. The fraction of sp³-hybridized carbons (Fsp3) is 0.318. The standard InChI is InChI=1S/C22H24ClN5O2S/c1-27-9-11-28(12-10-27)19-7-6-17(14-24-19)25-21(30)20-18(8-13-29)26-22(31-20)15-2-4-16(23)5-3-15/h2-7,14,29H,8-13H2,1H3,(H,25,30). The Hall–Kier alpha value is -2.52. The summed E-state index contributed by atoms with van der Waals surface area (Å²) >= 11 is 7.27. The highest BCUT2D eigenvalue weighted by molar-refractivity contribution is 7.17. The van der Waals surface area contributed by atoms with Gasteiger partial charge in [-0.25, -0.2) is 9.97 Å². The van der Waals surface area contributed by atoms with Crippen LogP contribution < -0.4 is 10.2 Å². The van der Waals surface area contributed by atoms with E-state index in [1.165, 1.54) is 11.3 Å². The van der Waals surface area contributed by atoms with Gasteiger partial charge in [-0.3, -0.25) is 4.79 Å². The maximum Gasteiger partial charge on any atom is 0.267 e. The lowest BCUT2D eigenvalue weighted by molar-refractivity contribution is 0.102. The van der Waals surface area contributed by atoms with E-state index in [0.717, 1.165) is 37.6 Å². The zero-order chi connectivity index (χ0) is 21.8. The van der Waals surface area contributed by atoms with Crippen molar-refractivity contribution in [3.05, 3.63) is 58.2 Å². The molecule has 0 atom stereocenters. The molecule has 1 aliphatic rings. The summed E-state index contributed by atoms with van der Waals surface area (Å²) in [4.78, 5) is 27.1. The van der Waals surface area contributed by atoms with Crippen LogP contribution in [0.15, 0.2) is 42.6 Å². The van der Waals surface area contributed by atoms with Crippen molar-refractivity contribution in [3.63, 3.8) is 0 Å². The summed E-state index contributed by atoms with van der Waals surface area (Å²) in [6, 6.07) is 11.1. The molecule has 9 heteroatoms. The number of hydrogen-bond acceptors (Lipinski definition) is 7. The van der Waals surface area contributed by atoms with E-state index in [9.17, 15) is 9.90 Å². The summed E-state index contributed by atoms with van der Waals surface area (Å²) in [6.45, 7) is 3.82. The molecule has 162 valence electrons. The highest BCUT2D eigenvalue weighted by Gasteiger charge is 2.20. The Morgan fingerprint density at radius 2 is 1.90 bits per heavy atom. The lowest BCUT2D eigenvalue weighted by Gasteiger charge is -2.33. The molecule has 31 heavy (non-hydrogen) atoms. The smallest absolute Gasteiger partial charge is 0.267 e. The quantitative estimate of drug-likeness (QED) is 0.590. The Morgan fingerprint density at radius 1 is 1.16 bits per heavy atom. The lowest BCUT2D eigenvalue weighted by atomic mass is 10.2. The summed E-state index contributed by atoms with van der Waals surface area (Å²) in [6.07, 6.45) is 1.99. The molecule has 0 radical (unpaired) electrons. The predicted octanol–water partition coefficient (Wildman–Crippen LogP) is 3.40. The van der Waals surface area contributed by atoms with E-state index in [1.54, 1.807) is 18.3 Å². The molecule has 1 fully saturated rings. The van der Waals surface area contributed by atoms with Crippen LogP contribution in [-0.2, 0) is 6.42 Å². The van der Waals surface area contributed by atoms with Gasteiger partial charge in [-0.05, 0) is 31.3 Å². The number of thiazole rings is 1. The molecule has 2 N–H and O–H groups in total. The molecule has 7 nitrogen and oxygen atoms in total. The van der Waals surface area contributed by atoms with E-state index in [4.69, 9.17) is 11.6 Å². The first kappa shape index (κ1) is 21.7. The van der Waals surface area contributed by atoms with Crippen molar-refractivity contribution in [3.8, 4) is 10.6 Å². The number of anilines is 2. The second-order valence-electron chi connectivity index (χ2n) is 7.42. The molecule has 1 saturated heterocycles. The van der Waals surface area contributed by atoms with E-state index >= 15 is 0 Å². The van der Waals surface area contributed by atoms with Crippen molar-refractivity contribution in [2.45, 2.75) is 6.42 Å². The van der Waals surface area contributed by atoms with Crippen LogP contribution in [0.25, 0.3) is 10.6 Å². The van der Waals surface area contributed by atoms with E-state index in [0.29, 0.717) is 32.7 Å². The third-order valence-electron chi connectivity index (χ3n) is 5.18. The number of likely N-dealkylation sites (N-methyl/N-ethyl adjacent to an activating group) is 1. The van der Waals surface area contributed by atoms with Crippen LogP contribution in [0.5, 0.6) is 0 Å². The average molecular weight is 458 g/mol. The third-order valence-corrected chi connectivity index (χ3v) is 6.57. The highest BCUT2D eigenvalue weighted by atomic mass is 35.5. The fourth-order valence-corrected chi connectivity index (χ4v) is 4.53. The Bertz CT molecular complexity index is 1030. The normalized spacial score (nSPS) is 14.6. The first-order valence-electron chi connectivity index (χ1n) is 10.1. The van der Waals surface area contributed by atoms with Crippen LogP contribution in [0.1, 0.15) is 15.4 Å². The van der Waals surface area contributed by atoms with Gasteiger partial charge < -0.3 is 20.2 Å². The largest absolute Gasteiger partial charge is 0.396 e. The van der Waals surface area contributed by atoms with Crippen LogP contribution in [0.3, 0.4) is 0 Å². The van der Waals surface area contributed by atoms with E-state index in [-0.39, 0.29) is 12.5 Å². The number of aliphatic hydroxyl groups is 1. The number of amides is 1. The number of carbonyl (C=O) groups excluding carboxylic acids is 1. The number of hydrogen-bond donors (Lipinski definition) is 2. The summed E-state index contributed by atoms with van der Waals surface area (Å²) in [5, 5.41) is 13.7. The Labute approximate surface area is 190 Å². The molecule has 0 saturated carbocycles. The number of aromatic nitrogens is 2. The number of rotatable bonds is 6. The minimum atomic E-state index is -0.254. The SMILES string of the molecule is CN1CCN(c2ccc(NC(=O)c3sc(-c4ccc(Cl)cc4)nc3CCO)cn2)CC1.